The van der Waals surface area contributed by atoms with Gasteiger partial charge in [-0.1, -0.05) is 0 Å². The summed E-state index contributed by atoms with van der Waals surface area (Å²) in [5, 5.41) is 11.3. The Morgan fingerprint density at radius 1 is 1.46 bits per heavy atom. The van der Waals surface area contributed by atoms with Crippen molar-refractivity contribution in [1.82, 2.24) is 5.32 Å². The summed E-state index contributed by atoms with van der Waals surface area (Å²) < 4.78 is 4.76. The highest BCUT2D eigenvalue weighted by Gasteiger charge is 2.33. The van der Waals surface area contributed by atoms with Gasteiger partial charge in [-0.15, -0.1) is 0 Å². The fraction of sp³-hybridized carbons (Fsp3) is 0.750. The topological polar surface area (TPSA) is 75.6 Å². The lowest BCUT2D eigenvalue weighted by Crippen LogP contribution is -2.40. The molecule has 1 aliphatic heterocycles. The van der Waals surface area contributed by atoms with Crippen molar-refractivity contribution in [1.29, 1.82) is 0 Å². The molecule has 2 N–H and O–H groups in total. The molecule has 0 aromatic carbocycles. The van der Waals surface area contributed by atoms with E-state index in [1.165, 1.54) is 0 Å². The van der Waals surface area contributed by atoms with Gasteiger partial charge >= 0.3 is 11.9 Å². The molecule has 1 fully saturated rings. The van der Waals surface area contributed by atoms with Gasteiger partial charge < -0.3 is 9.84 Å². The average Bonchev–Trinajstić information content (AvgIpc) is 2.52. The average molecular weight is 187 g/mol. The molecule has 0 radical (unpaired) electrons. The van der Waals surface area contributed by atoms with Crippen LogP contribution >= 0.6 is 0 Å². The maximum atomic E-state index is 11.1. The fourth-order valence-electron chi connectivity index (χ4n) is 1.37. The standard InChI is InChI=1S/C8H13NO4/c1-2-13-8(12)6-4-3-5(9-6)7(10)11/h5-6,9H,2-4H2,1H3,(H,10,11)/t5-,6+/m1/s1. The van der Waals surface area contributed by atoms with Crippen LogP contribution in [0.25, 0.3) is 0 Å². The molecule has 1 saturated heterocycles. The Hall–Kier alpha value is -1.10. The Morgan fingerprint density at radius 2 is 2.08 bits per heavy atom. The van der Waals surface area contributed by atoms with E-state index in [1.807, 2.05) is 0 Å². The van der Waals surface area contributed by atoms with Gasteiger partial charge in [0.1, 0.15) is 12.1 Å². The van der Waals surface area contributed by atoms with Gasteiger partial charge in [-0.2, -0.15) is 0 Å². The first-order valence-corrected chi connectivity index (χ1v) is 4.30. The minimum absolute atomic E-state index is 0.328. The lowest BCUT2D eigenvalue weighted by molar-refractivity contribution is -0.145. The van der Waals surface area contributed by atoms with E-state index in [0.717, 1.165) is 0 Å². The third-order valence-corrected chi connectivity index (χ3v) is 2.02. The van der Waals surface area contributed by atoms with Crippen LogP contribution in [0.5, 0.6) is 0 Å². The summed E-state index contributed by atoms with van der Waals surface area (Å²) in [5.41, 5.74) is 0. The van der Waals surface area contributed by atoms with Gasteiger partial charge in [0.15, 0.2) is 0 Å². The Balaban J connectivity index is 2.40. The molecule has 0 saturated carbocycles. The van der Waals surface area contributed by atoms with Gasteiger partial charge in [0.05, 0.1) is 6.61 Å². The van der Waals surface area contributed by atoms with E-state index < -0.39 is 18.1 Å². The van der Waals surface area contributed by atoms with Crippen LogP contribution in [0.3, 0.4) is 0 Å². The molecule has 1 aliphatic rings. The van der Waals surface area contributed by atoms with Crippen LogP contribution in [0.2, 0.25) is 0 Å². The van der Waals surface area contributed by atoms with Crippen LogP contribution in [0.15, 0.2) is 0 Å². The molecule has 0 aliphatic carbocycles. The van der Waals surface area contributed by atoms with E-state index in [4.69, 9.17) is 9.84 Å². The predicted octanol–water partition coefficient (Wildman–Crippen LogP) is -0.245. The molecule has 5 nitrogen and oxygen atoms in total. The number of ether oxygens (including phenoxy) is 1. The Bertz CT molecular complexity index is 216. The fourth-order valence-corrected chi connectivity index (χ4v) is 1.37. The molecule has 13 heavy (non-hydrogen) atoms. The first kappa shape index (κ1) is 9.98. The first-order chi connectivity index (χ1) is 6.15. The van der Waals surface area contributed by atoms with Gasteiger partial charge in [-0.3, -0.25) is 14.9 Å². The molecule has 0 bridgehead atoms. The molecule has 0 aromatic heterocycles. The highest BCUT2D eigenvalue weighted by molar-refractivity contribution is 5.80. The molecule has 0 aromatic rings. The third kappa shape index (κ3) is 2.42. The van der Waals surface area contributed by atoms with Crippen molar-refractivity contribution in [2.45, 2.75) is 31.8 Å². The largest absolute Gasteiger partial charge is 0.480 e. The maximum absolute atomic E-state index is 11.1. The number of carbonyl (C=O) groups is 2. The van der Waals surface area contributed by atoms with E-state index in [2.05, 4.69) is 5.32 Å². The molecule has 74 valence electrons. The smallest absolute Gasteiger partial charge is 0.323 e. The maximum Gasteiger partial charge on any atom is 0.323 e. The van der Waals surface area contributed by atoms with Gasteiger partial charge in [-0.05, 0) is 19.8 Å². The second-order valence-electron chi connectivity index (χ2n) is 2.94. The van der Waals surface area contributed by atoms with E-state index in [-0.39, 0.29) is 5.97 Å². The minimum Gasteiger partial charge on any atom is -0.480 e. The quantitative estimate of drug-likeness (QED) is 0.596. The van der Waals surface area contributed by atoms with Gasteiger partial charge in [-0.25, -0.2) is 0 Å². The minimum atomic E-state index is -0.910. The number of rotatable bonds is 3. The van der Waals surface area contributed by atoms with Gasteiger partial charge in [0.25, 0.3) is 0 Å². The van der Waals surface area contributed by atoms with Crippen molar-refractivity contribution >= 4 is 11.9 Å². The number of hydrogen-bond acceptors (Lipinski definition) is 4. The number of carboxylic acid groups (broad SMARTS) is 1. The third-order valence-electron chi connectivity index (χ3n) is 2.02. The predicted molar refractivity (Wildman–Crippen MR) is 44.2 cm³/mol. The number of aliphatic carboxylic acids is 1. The number of esters is 1. The second kappa shape index (κ2) is 4.23. The van der Waals surface area contributed by atoms with E-state index in [1.54, 1.807) is 6.92 Å². The van der Waals surface area contributed by atoms with Gasteiger partial charge in [0, 0.05) is 0 Å². The molecule has 0 unspecified atom stereocenters. The molecular weight excluding hydrogens is 174 g/mol. The van der Waals surface area contributed by atoms with Crippen LogP contribution < -0.4 is 5.32 Å². The summed E-state index contributed by atoms with van der Waals surface area (Å²) in [6.07, 6.45) is 1.02. The zero-order valence-corrected chi connectivity index (χ0v) is 7.45. The Labute approximate surface area is 76.1 Å². The normalized spacial score (nSPS) is 27.2. The van der Waals surface area contributed by atoms with E-state index >= 15 is 0 Å². The molecule has 0 spiro atoms. The monoisotopic (exact) mass is 187 g/mol. The summed E-state index contributed by atoms with van der Waals surface area (Å²) in [5.74, 6) is -1.27. The Kier molecular flexibility index (Phi) is 3.25. The highest BCUT2D eigenvalue weighted by Crippen LogP contribution is 2.13. The highest BCUT2D eigenvalue weighted by atomic mass is 16.5. The van der Waals surface area contributed by atoms with Crippen LogP contribution in [0.1, 0.15) is 19.8 Å². The van der Waals surface area contributed by atoms with Crippen molar-refractivity contribution in [3.05, 3.63) is 0 Å². The molecule has 2 atom stereocenters. The van der Waals surface area contributed by atoms with Crippen LogP contribution in [0.4, 0.5) is 0 Å². The molecule has 1 heterocycles. The molecule has 5 heteroatoms. The summed E-state index contributed by atoms with van der Waals surface area (Å²) in [7, 11) is 0. The summed E-state index contributed by atoms with van der Waals surface area (Å²) in [6, 6.07) is -1.05. The zero-order valence-electron chi connectivity index (χ0n) is 7.45. The number of carboxylic acids is 1. The van der Waals surface area contributed by atoms with Crippen molar-refractivity contribution in [2.24, 2.45) is 0 Å². The van der Waals surface area contributed by atoms with Crippen LogP contribution in [0, 0.1) is 0 Å². The van der Waals surface area contributed by atoms with E-state index in [0.29, 0.717) is 19.4 Å². The number of nitrogens with one attached hydrogen (secondary N) is 1. The molecule has 1 rings (SSSR count). The van der Waals surface area contributed by atoms with Gasteiger partial charge in [0.2, 0.25) is 0 Å². The molecular formula is C8H13NO4. The zero-order chi connectivity index (χ0) is 9.84. The van der Waals surface area contributed by atoms with Crippen molar-refractivity contribution in [3.63, 3.8) is 0 Å². The van der Waals surface area contributed by atoms with Crippen LogP contribution in [-0.2, 0) is 14.3 Å². The molecule has 0 amide bonds. The summed E-state index contributed by atoms with van der Waals surface area (Å²) in [6.45, 7) is 2.05. The first-order valence-electron chi connectivity index (χ1n) is 4.30. The summed E-state index contributed by atoms with van der Waals surface area (Å²) in [4.78, 5) is 21.6. The summed E-state index contributed by atoms with van der Waals surface area (Å²) >= 11 is 0. The van der Waals surface area contributed by atoms with Crippen LogP contribution in [-0.4, -0.2) is 35.7 Å². The number of carbonyl (C=O) groups excluding carboxylic acids is 1. The van der Waals surface area contributed by atoms with Crippen molar-refractivity contribution in [3.8, 4) is 0 Å². The van der Waals surface area contributed by atoms with Crippen molar-refractivity contribution < 1.29 is 19.4 Å². The lowest BCUT2D eigenvalue weighted by Gasteiger charge is -2.09. The number of hydrogen-bond donors (Lipinski definition) is 2. The second-order valence-corrected chi connectivity index (χ2v) is 2.94. The van der Waals surface area contributed by atoms with Crippen molar-refractivity contribution in [2.75, 3.05) is 6.61 Å². The SMILES string of the molecule is CCOC(=O)[C@@H]1CC[C@H](C(=O)O)N1. The lowest BCUT2D eigenvalue weighted by atomic mass is 10.2. The van der Waals surface area contributed by atoms with E-state index in [9.17, 15) is 9.59 Å². The Morgan fingerprint density at radius 3 is 2.54 bits per heavy atom.